The van der Waals surface area contributed by atoms with Crippen LogP contribution in [0.5, 0.6) is 17.2 Å². The molecule has 0 spiro atoms. The van der Waals surface area contributed by atoms with Crippen molar-refractivity contribution < 1.29 is 28.1 Å². The molecule has 0 saturated heterocycles. The molecule has 196 valence electrons. The van der Waals surface area contributed by atoms with Gasteiger partial charge in [-0.1, -0.05) is 0 Å². The van der Waals surface area contributed by atoms with Crippen LogP contribution in [0.25, 0.3) is 0 Å². The molecule has 8 nitrogen and oxygen atoms in total. The van der Waals surface area contributed by atoms with Gasteiger partial charge in [0.1, 0.15) is 11.6 Å². The third-order valence-corrected chi connectivity index (χ3v) is 6.34. The van der Waals surface area contributed by atoms with Crippen LogP contribution in [0.15, 0.2) is 18.2 Å². The standard InChI is InChI=1S/C27H36FN3O5/c1-9-35-21-13-17-14-31(26(29)22(17)23(28)25(21)36-10-2)15-20(32)16-11-18(27(3,4)34-8)24(33-7)19(12-16)30(5)6/h11-13,29H,9-10,14-15H2,1-8H3. The van der Waals surface area contributed by atoms with Crippen LogP contribution in [-0.4, -0.2) is 64.6 Å². The lowest BCUT2D eigenvalue weighted by atomic mass is 9.92. The molecule has 3 rings (SSSR count). The van der Waals surface area contributed by atoms with Crippen LogP contribution in [0, 0.1) is 11.2 Å². The number of hydrogen-bond donors (Lipinski definition) is 1. The maximum atomic E-state index is 15.4. The van der Waals surface area contributed by atoms with E-state index in [1.54, 1.807) is 44.2 Å². The lowest BCUT2D eigenvalue weighted by Gasteiger charge is -2.29. The average Bonchev–Trinajstić information content (AvgIpc) is 3.15. The highest BCUT2D eigenvalue weighted by Crippen LogP contribution is 2.41. The molecule has 2 aromatic carbocycles. The predicted octanol–water partition coefficient (Wildman–Crippen LogP) is 4.60. The minimum atomic E-state index is -0.711. The quantitative estimate of drug-likeness (QED) is 0.451. The Kier molecular flexibility index (Phi) is 8.13. The van der Waals surface area contributed by atoms with Crippen molar-refractivity contribution in [3.8, 4) is 17.2 Å². The Hall–Kier alpha value is -3.33. The Balaban J connectivity index is 1.98. The number of ether oxygens (including phenoxy) is 4. The number of methoxy groups -OCH3 is 2. The summed E-state index contributed by atoms with van der Waals surface area (Å²) < 4.78 is 37.8. The summed E-state index contributed by atoms with van der Waals surface area (Å²) in [5.74, 6) is 0.0162. The van der Waals surface area contributed by atoms with Gasteiger partial charge in [-0.25, -0.2) is 4.39 Å². The Labute approximate surface area is 212 Å². The number of anilines is 1. The number of halogens is 1. The lowest BCUT2D eigenvalue weighted by molar-refractivity contribution is 0.0173. The van der Waals surface area contributed by atoms with Crippen LogP contribution < -0.4 is 19.1 Å². The highest BCUT2D eigenvalue weighted by atomic mass is 19.1. The van der Waals surface area contributed by atoms with Gasteiger partial charge in [-0.05, 0) is 51.5 Å². The van der Waals surface area contributed by atoms with E-state index < -0.39 is 11.4 Å². The summed E-state index contributed by atoms with van der Waals surface area (Å²) in [6, 6.07) is 5.23. The van der Waals surface area contributed by atoms with Gasteiger partial charge in [0.25, 0.3) is 0 Å². The maximum Gasteiger partial charge on any atom is 0.197 e. The SMILES string of the molecule is CCOc1cc2c(c(F)c1OCC)C(=N)N(CC(=O)c1cc(N(C)C)c(OC)c(C(C)(C)OC)c1)C2. The molecule has 36 heavy (non-hydrogen) atoms. The zero-order valence-corrected chi connectivity index (χ0v) is 22.4. The Bertz CT molecular complexity index is 1160. The molecule has 2 aromatic rings. The minimum Gasteiger partial charge on any atom is -0.494 e. The molecule has 0 saturated carbocycles. The first-order valence-electron chi connectivity index (χ1n) is 11.9. The number of ketones is 1. The molecule has 1 aliphatic rings. The molecule has 1 N–H and O–H groups in total. The van der Waals surface area contributed by atoms with Gasteiger partial charge in [-0.15, -0.1) is 0 Å². The molecule has 0 amide bonds. The van der Waals surface area contributed by atoms with E-state index in [0.717, 1.165) is 11.3 Å². The zero-order chi connectivity index (χ0) is 26.8. The fourth-order valence-electron chi connectivity index (χ4n) is 4.30. The van der Waals surface area contributed by atoms with Crippen LogP contribution in [0.2, 0.25) is 0 Å². The number of nitrogens with one attached hydrogen (secondary N) is 1. The second-order valence-electron chi connectivity index (χ2n) is 9.23. The number of hydrogen-bond acceptors (Lipinski definition) is 7. The maximum absolute atomic E-state index is 15.4. The zero-order valence-electron chi connectivity index (χ0n) is 22.4. The number of carbonyl (C=O) groups is 1. The molecule has 0 aliphatic carbocycles. The molecule has 0 fully saturated rings. The van der Waals surface area contributed by atoms with E-state index in [0.29, 0.717) is 29.2 Å². The summed E-state index contributed by atoms with van der Waals surface area (Å²) in [5, 5.41) is 8.62. The van der Waals surface area contributed by atoms with Gasteiger partial charge in [0, 0.05) is 38.9 Å². The first-order valence-corrected chi connectivity index (χ1v) is 11.9. The van der Waals surface area contributed by atoms with E-state index >= 15 is 4.39 Å². The molecule has 0 atom stereocenters. The monoisotopic (exact) mass is 501 g/mol. The van der Waals surface area contributed by atoms with Gasteiger partial charge in [0.05, 0.1) is 43.7 Å². The van der Waals surface area contributed by atoms with Crippen LogP contribution >= 0.6 is 0 Å². The summed E-state index contributed by atoms with van der Waals surface area (Å²) in [6.45, 7) is 8.11. The van der Waals surface area contributed by atoms with Gasteiger partial charge in [-0.2, -0.15) is 0 Å². The van der Waals surface area contributed by atoms with Gasteiger partial charge in [0.15, 0.2) is 23.1 Å². The Morgan fingerprint density at radius 2 is 1.78 bits per heavy atom. The molecule has 0 aromatic heterocycles. The van der Waals surface area contributed by atoms with Crippen LogP contribution in [-0.2, 0) is 16.9 Å². The van der Waals surface area contributed by atoms with Gasteiger partial charge >= 0.3 is 0 Å². The fourth-order valence-corrected chi connectivity index (χ4v) is 4.30. The molecule has 1 heterocycles. The van der Waals surface area contributed by atoms with E-state index in [1.165, 1.54) is 0 Å². The molecule has 0 bridgehead atoms. The number of Topliss-reactive ketones (excluding diaryl/α,β-unsaturated/α-hetero) is 1. The van der Waals surface area contributed by atoms with E-state index in [4.69, 9.17) is 24.4 Å². The van der Waals surface area contributed by atoms with E-state index in [9.17, 15) is 4.79 Å². The highest BCUT2D eigenvalue weighted by Gasteiger charge is 2.34. The number of benzene rings is 2. The second-order valence-corrected chi connectivity index (χ2v) is 9.23. The first-order chi connectivity index (χ1) is 17.0. The van der Waals surface area contributed by atoms with Crippen molar-refractivity contribution in [2.45, 2.75) is 39.8 Å². The number of carbonyl (C=O) groups excluding carboxylic acids is 1. The van der Waals surface area contributed by atoms with Gasteiger partial charge in [0.2, 0.25) is 0 Å². The third-order valence-electron chi connectivity index (χ3n) is 6.34. The molecule has 0 radical (unpaired) electrons. The average molecular weight is 502 g/mol. The number of nitrogens with zero attached hydrogens (tertiary/aromatic N) is 2. The number of amidine groups is 1. The highest BCUT2D eigenvalue weighted by molar-refractivity contribution is 6.06. The second kappa shape index (κ2) is 10.7. The van der Waals surface area contributed by atoms with E-state index in [1.807, 2.05) is 39.8 Å². The Morgan fingerprint density at radius 1 is 1.11 bits per heavy atom. The summed E-state index contributed by atoms with van der Waals surface area (Å²) in [6.07, 6.45) is 0. The summed E-state index contributed by atoms with van der Waals surface area (Å²) >= 11 is 0. The van der Waals surface area contributed by atoms with Crippen molar-refractivity contribution >= 4 is 17.3 Å². The predicted molar refractivity (Wildman–Crippen MR) is 138 cm³/mol. The smallest absolute Gasteiger partial charge is 0.197 e. The van der Waals surface area contributed by atoms with Crippen LogP contribution in [0.3, 0.4) is 0 Å². The van der Waals surface area contributed by atoms with Crippen molar-refractivity contribution in [2.24, 2.45) is 0 Å². The molecular weight excluding hydrogens is 465 g/mol. The van der Waals surface area contributed by atoms with E-state index in [-0.39, 0.29) is 42.6 Å². The van der Waals surface area contributed by atoms with Crippen LogP contribution in [0.1, 0.15) is 54.7 Å². The molecule has 9 heteroatoms. The normalized spacial score (nSPS) is 13.0. The van der Waals surface area contributed by atoms with Crippen molar-refractivity contribution in [3.05, 3.63) is 46.3 Å². The van der Waals surface area contributed by atoms with Crippen molar-refractivity contribution in [1.82, 2.24) is 4.90 Å². The molecule has 1 aliphatic heterocycles. The topological polar surface area (TPSA) is 84.3 Å². The van der Waals surface area contributed by atoms with Gasteiger partial charge < -0.3 is 28.7 Å². The fraction of sp³-hybridized carbons (Fsp3) is 0.481. The molecular formula is C27H36FN3O5. The van der Waals surface area contributed by atoms with Crippen molar-refractivity contribution in [1.29, 1.82) is 5.41 Å². The minimum absolute atomic E-state index is 0.00626. The van der Waals surface area contributed by atoms with Crippen molar-refractivity contribution in [2.75, 3.05) is 53.0 Å². The van der Waals surface area contributed by atoms with E-state index in [2.05, 4.69) is 0 Å². The largest absolute Gasteiger partial charge is 0.494 e. The third kappa shape index (κ3) is 4.97. The van der Waals surface area contributed by atoms with Gasteiger partial charge in [-0.3, -0.25) is 10.2 Å². The number of fused-ring (bicyclic) bond motifs is 1. The number of rotatable bonds is 11. The lowest BCUT2D eigenvalue weighted by Crippen LogP contribution is -2.31. The van der Waals surface area contributed by atoms with Crippen LogP contribution in [0.4, 0.5) is 10.1 Å². The Morgan fingerprint density at radius 3 is 2.33 bits per heavy atom. The summed E-state index contributed by atoms with van der Waals surface area (Å²) in [5.41, 5.74) is 1.93. The summed E-state index contributed by atoms with van der Waals surface area (Å²) in [7, 11) is 6.94. The summed E-state index contributed by atoms with van der Waals surface area (Å²) in [4.78, 5) is 16.9. The molecule has 0 unspecified atom stereocenters. The first kappa shape index (κ1) is 27.3. The van der Waals surface area contributed by atoms with Crippen molar-refractivity contribution in [3.63, 3.8) is 0 Å².